The fraction of sp³-hybridized carbons (Fsp3) is 0.0455. The van der Waals surface area contributed by atoms with E-state index in [2.05, 4.69) is 15.5 Å². The third-order valence-corrected chi connectivity index (χ3v) is 6.27. The predicted molar refractivity (Wildman–Crippen MR) is 116 cm³/mol. The molecule has 31 heavy (non-hydrogen) atoms. The van der Waals surface area contributed by atoms with Crippen LogP contribution in [0, 0.1) is 0 Å². The van der Waals surface area contributed by atoms with Crippen LogP contribution in [0.2, 0.25) is 0 Å². The molecule has 0 aliphatic carbocycles. The minimum absolute atomic E-state index is 0.0719. The fourth-order valence-corrected chi connectivity index (χ4v) is 4.47. The van der Waals surface area contributed by atoms with Gasteiger partial charge in [0.25, 0.3) is 5.91 Å². The van der Waals surface area contributed by atoms with Crippen LogP contribution in [0.25, 0.3) is 5.69 Å². The van der Waals surface area contributed by atoms with Gasteiger partial charge in [-0.25, -0.2) is 22.9 Å². The molecule has 2 N–H and O–H groups in total. The SMILES string of the molecule is O=C(Nc1cccc(-n2cn[nH]c2=O)c1)c1cccc(S(=O)(=O)Cc2ccccc2)c1. The third kappa shape index (κ3) is 4.62. The lowest BCUT2D eigenvalue weighted by molar-refractivity contribution is 0.102. The van der Waals surface area contributed by atoms with Crippen LogP contribution < -0.4 is 11.0 Å². The Morgan fingerprint density at radius 2 is 1.74 bits per heavy atom. The first-order chi connectivity index (χ1) is 14.9. The predicted octanol–water partition coefficient (Wildman–Crippen LogP) is 2.79. The van der Waals surface area contributed by atoms with Crippen LogP contribution in [-0.4, -0.2) is 29.1 Å². The van der Waals surface area contributed by atoms with Gasteiger partial charge in [-0.3, -0.25) is 4.79 Å². The normalized spacial score (nSPS) is 11.2. The topological polar surface area (TPSA) is 114 Å². The lowest BCUT2D eigenvalue weighted by Gasteiger charge is -2.09. The van der Waals surface area contributed by atoms with Gasteiger partial charge >= 0.3 is 5.69 Å². The molecule has 8 nitrogen and oxygen atoms in total. The summed E-state index contributed by atoms with van der Waals surface area (Å²) in [4.78, 5) is 24.5. The second kappa shape index (κ2) is 8.41. The van der Waals surface area contributed by atoms with Gasteiger partial charge in [-0.1, -0.05) is 42.5 Å². The molecule has 4 aromatic rings. The Kier molecular flexibility index (Phi) is 5.50. The number of nitrogens with one attached hydrogen (secondary N) is 2. The molecular formula is C22H18N4O4S. The molecule has 3 aromatic carbocycles. The Morgan fingerprint density at radius 3 is 2.48 bits per heavy atom. The molecule has 156 valence electrons. The molecule has 0 bridgehead atoms. The van der Waals surface area contributed by atoms with Gasteiger partial charge in [-0.2, -0.15) is 5.10 Å². The number of carbonyl (C=O) groups excluding carboxylic acids is 1. The molecule has 1 aromatic heterocycles. The molecule has 0 saturated heterocycles. The lowest BCUT2D eigenvalue weighted by Crippen LogP contribution is -2.16. The monoisotopic (exact) mass is 434 g/mol. The number of benzene rings is 3. The number of carbonyl (C=O) groups is 1. The highest BCUT2D eigenvalue weighted by Gasteiger charge is 2.17. The van der Waals surface area contributed by atoms with Crippen molar-refractivity contribution in [2.75, 3.05) is 5.32 Å². The number of nitrogens with zero attached hydrogens (tertiary/aromatic N) is 2. The average molecular weight is 434 g/mol. The van der Waals surface area contributed by atoms with Crippen LogP contribution in [0.5, 0.6) is 0 Å². The summed E-state index contributed by atoms with van der Waals surface area (Å²) in [6, 6.07) is 21.4. The van der Waals surface area contributed by atoms with Crippen LogP contribution in [0.1, 0.15) is 15.9 Å². The molecule has 1 heterocycles. The van der Waals surface area contributed by atoms with E-state index in [0.29, 0.717) is 16.9 Å². The van der Waals surface area contributed by atoms with Crippen molar-refractivity contribution in [2.45, 2.75) is 10.6 Å². The van der Waals surface area contributed by atoms with E-state index in [1.54, 1.807) is 54.6 Å². The maximum atomic E-state index is 12.8. The van der Waals surface area contributed by atoms with E-state index in [0.717, 1.165) is 0 Å². The molecule has 0 fully saturated rings. The Morgan fingerprint density at radius 1 is 0.968 bits per heavy atom. The Balaban J connectivity index is 1.55. The zero-order valence-corrected chi connectivity index (χ0v) is 17.0. The summed E-state index contributed by atoms with van der Waals surface area (Å²) in [7, 11) is -3.61. The van der Waals surface area contributed by atoms with Crippen LogP contribution in [0.4, 0.5) is 5.69 Å². The molecule has 0 unspecified atom stereocenters. The number of aromatic amines is 1. The van der Waals surface area contributed by atoms with Gasteiger partial charge in [-0.15, -0.1) is 0 Å². The van der Waals surface area contributed by atoms with E-state index in [1.807, 2.05) is 6.07 Å². The first-order valence-electron chi connectivity index (χ1n) is 9.33. The summed E-state index contributed by atoms with van der Waals surface area (Å²) in [5, 5.41) is 8.71. The number of H-pyrrole nitrogens is 1. The van der Waals surface area contributed by atoms with E-state index in [9.17, 15) is 18.0 Å². The summed E-state index contributed by atoms with van der Waals surface area (Å²) >= 11 is 0. The molecule has 0 atom stereocenters. The van der Waals surface area contributed by atoms with Crippen molar-refractivity contribution in [2.24, 2.45) is 0 Å². The number of hydrogen-bond acceptors (Lipinski definition) is 5. The highest BCUT2D eigenvalue weighted by molar-refractivity contribution is 7.90. The smallest absolute Gasteiger partial charge is 0.322 e. The second-order valence-electron chi connectivity index (χ2n) is 6.81. The van der Waals surface area contributed by atoms with E-state index in [4.69, 9.17) is 0 Å². The van der Waals surface area contributed by atoms with Gasteiger partial charge in [0.05, 0.1) is 16.3 Å². The summed E-state index contributed by atoms with van der Waals surface area (Å²) in [5.41, 5.74) is 1.45. The maximum absolute atomic E-state index is 12.8. The number of anilines is 1. The molecular weight excluding hydrogens is 416 g/mol. The van der Waals surface area contributed by atoms with E-state index in [-0.39, 0.29) is 16.2 Å². The van der Waals surface area contributed by atoms with Crippen LogP contribution in [-0.2, 0) is 15.6 Å². The quantitative estimate of drug-likeness (QED) is 0.484. The van der Waals surface area contributed by atoms with Crippen molar-refractivity contribution in [1.29, 1.82) is 0 Å². The molecule has 0 aliphatic heterocycles. The third-order valence-electron chi connectivity index (χ3n) is 4.59. The number of sulfone groups is 1. The Labute approximate surface area is 178 Å². The van der Waals surface area contributed by atoms with Gasteiger partial charge in [0.1, 0.15) is 6.33 Å². The van der Waals surface area contributed by atoms with Crippen molar-refractivity contribution in [3.8, 4) is 5.69 Å². The first-order valence-corrected chi connectivity index (χ1v) is 11.0. The molecule has 0 aliphatic rings. The van der Waals surface area contributed by atoms with Crippen LogP contribution in [0.3, 0.4) is 0 Å². The van der Waals surface area contributed by atoms with Crippen molar-refractivity contribution in [3.05, 3.63) is 107 Å². The molecule has 9 heteroatoms. The molecule has 0 saturated carbocycles. The Bertz CT molecular complexity index is 1390. The molecule has 1 amide bonds. The second-order valence-corrected chi connectivity index (χ2v) is 8.80. The van der Waals surface area contributed by atoms with Crippen molar-refractivity contribution < 1.29 is 13.2 Å². The number of amides is 1. The van der Waals surface area contributed by atoms with Crippen molar-refractivity contribution in [1.82, 2.24) is 14.8 Å². The largest absolute Gasteiger partial charge is 0.347 e. The highest BCUT2D eigenvalue weighted by Crippen LogP contribution is 2.19. The van der Waals surface area contributed by atoms with Crippen molar-refractivity contribution in [3.63, 3.8) is 0 Å². The molecule has 4 rings (SSSR count). The molecule has 0 radical (unpaired) electrons. The van der Waals surface area contributed by atoms with E-state index >= 15 is 0 Å². The van der Waals surface area contributed by atoms with E-state index in [1.165, 1.54) is 29.1 Å². The van der Waals surface area contributed by atoms with E-state index < -0.39 is 21.4 Å². The van der Waals surface area contributed by atoms with Gasteiger partial charge in [0, 0.05) is 11.3 Å². The van der Waals surface area contributed by atoms with Gasteiger partial charge in [-0.05, 0) is 42.0 Å². The van der Waals surface area contributed by atoms with Gasteiger partial charge in [0.2, 0.25) is 0 Å². The molecule has 0 spiro atoms. The summed E-state index contributed by atoms with van der Waals surface area (Å²) < 4.78 is 26.8. The van der Waals surface area contributed by atoms with Gasteiger partial charge < -0.3 is 5.32 Å². The summed E-state index contributed by atoms with van der Waals surface area (Å²) in [6.07, 6.45) is 1.34. The zero-order valence-electron chi connectivity index (χ0n) is 16.2. The standard InChI is InChI=1S/C22H18N4O4S/c27-21(24-18-9-5-10-19(13-18)26-15-23-25-22(26)28)17-8-4-11-20(12-17)31(29,30)14-16-6-2-1-3-7-16/h1-13,15H,14H2,(H,24,27)(H,25,28). The fourth-order valence-electron chi connectivity index (χ4n) is 3.08. The summed E-state index contributed by atoms with van der Waals surface area (Å²) in [6.45, 7) is 0. The minimum atomic E-state index is -3.61. The maximum Gasteiger partial charge on any atom is 0.347 e. The number of hydrogen-bond donors (Lipinski definition) is 2. The number of rotatable bonds is 6. The van der Waals surface area contributed by atoms with Crippen LogP contribution in [0.15, 0.2) is 94.9 Å². The average Bonchev–Trinajstić information content (AvgIpc) is 3.20. The van der Waals surface area contributed by atoms with Gasteiger partial charge in [0.15, 0.2) is 9.84 Å². The van der Waals surface area contributed by atoms with Crippen molar-refractivity contribution >= 4 is 21.4 Å². The highest BCUT2D eigenvalue weighted by atomic mass is 32.2. The zero-order chi connectivity index (χ0) is 21.8. The van der Waals surface area contributed by atoms with Crippen LogP contribution >= 0.6 is 0 Å². The minimum Gasteiger partial charge on any atom is -0.322 e. The first kappa shape index (κ1) is 20.3. The Hall–Kier alpha value is -3.98. The summed E-state index contributed by atoms with van der Waals surface area (Å²) in [5.74, 6) is -0.617. The lowest BCUT2D eigenvalue weighted by atomic mass is 10.2. The number of aromatic nitrogens is 3.